The largest absolute Gasteiger partial charge is 0.348 e. The maximum absolute atomic E-state index is 11.9. The molecule has 8 nitrogen and oxygen atoms in total. The minimum Gasteiger partial charge on any atom is -0.348 e. The minimum atomic E-state index is -0.137. The lowest BCUT2D eigenvalue weighted by Gasteiger charge is -2.14. The third-order valence-electron chi connectivity index (χ3n) is 3.07. The second-order valence-corrected chi connectivity index (χ2v) is 4.50. The summed E-state index contributed by atoms with van der Waals surface area (Å²) in [6, 6.07) is -0.0994. The van der Waals surface area contributed by atoms with Crippen LogP contribution in [0.3, 0.4) is 0 Å². The molecule has 0 saturated carbocycles. The van der Waals surface area contributed by atoms with Gasteiger partial charge in [-0.2, -0.15) is 5.10 Å². The van der Waals surface area contributed by atoms with E-state index in [2.05, 4.69) is 25.9 Å². The maximum atomic E-state index is 11.9. The minimum absolute atomic E-state index is 0.0994. The summed E-state index contributed by atoms with van der Waals surface area (Å²) >= 11 is 0. The van der Waals surface area contributed by atoms with Crippen molar-refractivity contribution in [3.05, 3.63) is 23.3 Å². The molecule has 0 aromatic carbocycles. The van der Waals surface area contributed by atoms with Gasteiger partial charge in [-0.1, -0.05) is 0 Å². The Bertz CT molecular complexity index is 572. The highest BCUT2D eigenvalue weighted by molar-refractivity contribution is 5.76. The fourth-order valence-corrected chi connectivity index (χ4v) is 2.18. The SMILES string of the molecule is Cc1nn(C)c(C)c1C(C)NC(=O)Cn1cnnn1. The van der Waals surface area contributed by atoms with E-state index in [4.69, 9.17) is 0 Å². The molecule has 2 aromatic heterocycles. The first-order chi connectivity index (χ1) is 8.99. The standard InChI is InChI=1S/C11H17N7O/c1-7(11-8(2)14-17(4)9(11)3)13-10(19)5-18-6-12-15-16-18/h6-7H,5H2,1-4H3,(H,13,19). The number of nitrogens with zero attached hydrogens (tertiary/aromatic N) is 6. The van der Waals surface area contributed by atoms with Gasteiger partial charge < -0.3 is 5.32 Å². The number of carbonyl (C=O) groups is 1. The Kier molecular flexibility index (Phi) is 3.59. The van der Waals surface area contributed by atoms with Crippen molar-refractivity contribution in [1.82, 2.24) is 35.3 Å². The summed E-state index contributed by atoms with van der Waals surface area (Å²) in [5.41, 5.74) is 3.02. The molecule has 2 heterocycles. The molecule has 102 valence electrons. The average molecular weight is 263 g/mol. The maximum Gasteiger partial charge on any atom is 0.242 e. The molecule has 0 aliphatic rings. The monoisotopic (exact) mass is 263 g/mol. The van der Waals surface area contributed by atoms with Crippen LogP contribution in [0.1, 0.15) is 29.9 Å². The summed E-state index contributed by atoms with van der Waals surface area (Å²) in [6.07, 6.45) is 1.41. The van der Waals surface area contributed by atoms with Crippen molar-refractivity contribution < 1.29 is 4.79 Å². The number of tetrazole rings is 1. The predicted molar refractivity (Wildman–Crippen MR) is 67.1 cm³/mol. The number of carbonyl (C=O) groups excluding carboxylic acids is 1. The number of nitrogens with one attached hydrogen (secondary N) is 1. The number of hydrogen-bond acceptors (Lipinski definition) is 5. The molecular weight excluding hydrogens is 246 g/mol. The van der Waals surface area contributed by atoms with E-state index in [0.29, 0.717) is 0 Å². The summed E-state index contributed by atoms with van der Waals surface area (Å²) < 4.78 is 3.19. The molecule has 0 aliphatic heterocycles. The summed E-state index contributed by atoms with van der Waals surface area (Å²) in [5.74, 6) is -0.137. The Morgan fingerprint density at radius 2 is 2.21 bits per heavy atom. The number of amides is 1. The highest BCUT2D eigenvalue weighted by atomic mass is 16.2. The molecule has 19 heavy (non-hydrogen) atoms. The highest BCUT2D eigenvalue weighted by Gasteiger charge is 2.18. The van der Waals surface area contributed by atoms with Gasteiger partial charge >= 0.3 is 0 Å². The van der Waals surface area contributed by atoms with E-state index in [-0.39, 0.29) is 18.5 Å². The molecule has 8 heteroatoms. The summed E-state index contributed by atoms with van der Waals surface area (Å²) in [4.78, 5) is 11.9. The Labute approximate surface area is 110 Å². The summed E-state index contributed by atoms with van der Waals surface area (Å²) in [6.45, 7) is 5.97. The average Bonchev–Trinajstić information content (AvgIpc) is 2.88. The van der Waals surface area contributed by atoms with Crippen LogP contribution >= 0.6 is 0 Å². The fourth-order valence-electron chi connectivity index (χ4n) is 2.18. The molecule has 0 spiro atoms. The topological polar surface area (TPSA) is 90.5 Å². The molecule has 0 bridgehead atoms. The van der Waals surface area contributed by atoms with Crippen molar-refractivity contribution in [2.45, 2.75) is 33.4 Å². The van der Waals surface area contributed by atoms with Crippen LogP contribution < -0.4 is 5.32 Å². The first-order valence-electron chi connectivity index (χ1n) is 5.99. The molecular formula is C11H17N7O. The molecule has 1 unspecified atom stereocenters. The Morgan fingerprint density at radius 1 is 1.47 bits per heavy atom. The van der Waals surface area contributed by atoms with Gasteiger partial charge in [0.05, 0.1) is 11.7 Å². The van der Waals surface area contributed by atoms with E-state index in [1.165, 1.54) is 11.0 Å². The van der Waals surface area contributed by atoms with E-state index < -0.39 is 0 Å². The fraction of sp³-hybridized carbons (Fsp3) is 0.545. The van der Waals surface area contributed by atoms with Gasteiger partial charge in [0.15, 0.2) is 0 Å². The zero-order valence-electron chi connectivity index (χ0n) is 11.5. The quantitative estimate of drug-likeness (QED) is 0.832. The van der Waals surface area contributed by atoms with Crippen molar-refractivity contribution in [3.8, 4) is 0 Å². The molecule has 1 amide bonds. The van der Waals surface area contributed by atoms with Crippen molar-refractivity contribution in [1.29, 1.82) is 0 Å². The van der Waals surface area contributed by atoms with E-state index in [1.807, 2.05) is 32.5 Å². The molecule has 2 rings (SSSR count). The van der Waals surface area contributed by atoms with Crippen LogP contribution in [-0.4, -0.2) is 35.9 Å². The summed E-state index contributed by atoms with van der Waals surface area (Å²) in [7, 11) is 1.89. The molecule has 0 radical (unpaired) electrons. The van der Waals surface area contributed by atoms with Crippen LogP contribution in [0.25, 0.3) is 0 Å². The third kappa shape index (κ3) is 2.78. The number of aromatic nitrogens is 6. The number of aryl methyl sites for hydroxylation is 2. The van der Waals surface area contributed by atoms with Gasteiger partial charge in [0.2, 0.25) is 5.91 Å². The Morgan fingerprint density at radius 3 is 2.74 bits per heavy atom. The molecule has 0 aliphatic carbocycles. The van der Waals surface area contributed by atoms with Crippen LogP contribution in [-0.2, 0) is 18.4 Å². The van der Waals surface area contributed by atoms with E-state index >= 15 is 0 Å². The van der Waals surface area contributed by atoms with Gasteiger partial charge in [0, 0.05) is 18.3 Å². The van der Waals surface area contributed by atoms with Crippen molar-refractivity contribution in [2.24, 2.45) is 7.05 Å². The van der Waals surface area contributed by atoms with Gasteiger partial charge in [-0.25, -0.2) is 4.68 Å². The second kappa shape index (κ2) is 5.17. The second-order valence-electron chi connectivity index (χ2n) is 4.50. The first kappa shape index (κ1) is 13.2. The zero-order chi connectivity index (χ0) is 14.0. The zero-order valence-corrected chi connectivity index (χ0v) is 11.5. The van der Waals surface area contributed by atoms with Gasteiger partial charge in [0.25, 0.3) is 0 Å². The van der Waals surface area contributed by atoms with Crippen LogP contribution in [0.5, 0.6) is 0 Å². The van der Waals surface area contributed by atoms with Gasteiger partial charge in [0.1, 0.15) is 12.9 Å². The van der Waals surface area contributed by atoms with Crippen LogP contribution in [0.4, 0.5) is 0 Å². The van der Waals surface area contributed by atoms with E-state index in [9.17, 15) is 4.79 Å². The van der Waals surface area contributed by atoms with Crippen LogP contribution in [0.2, 0.25) is 0 Å². The molecule has 1 atom stereocenters. The van der Waals surface area contributed by atoms with Gasteiger partial charge in [-0.05, 0) is 31.2 Å². The Hall–Kier alpha value is -2.25. The molecule has 0 fully saturated rings. The summed E-state index contributed by atoms with van der Waals surface area (Å²) in [5, 5.41) is 17.9. The van der Waals surface area contributed by atoms with Crippen LogP contribution in [0, 0.1) is 13.8 Å². The third-order valence-corrected chi connectivity index (χ3v) is 3.07. The van der Waals surface area contributed by atoms with Crippen LogP contribution in [0.15, 0.2) is 6.33 Å². The van der Waals surface area contributed by atoms with Gasteiger partial charge in [-0.15, -0.1) is 5.10 Å². The predicted octanol–water partition coefficient (Wildman–Crippen LogP) is -0.0992. The first-order valence-corrected chi connectivity index (χ1v) is 5.99. The van der Waals surface area contributed by atoms with Crippen molar-refractivity contribution >= 4 is 5.91 Å². The lowest BCUT2D eigenvalue weighted by Crippen LogP contribution is -2.30. The van der Waals surface area contributed by atoms with Crippen molar-refractivity contribution in [2.75, 3.05) is 0 Å². The Balaban J connectivity index is 2.04. The van der Waals surface area contributed by atoms with E-state index in [0.717, 1.165) is 17.0 Å². The van der Waals surface area contributed by atoms with Crippen molar-refractivity contribution in [3.63, 3.8) is 0 Å². The smallest absolute Gasteiger partial charge is 0.242 e. The van der Waals surface area contributed by atoms with Gasteiger partial charge in [-0.3, -0.25) is 9.48 Å². The lowest BCUT2D eigenvalue weighted by molar-refractivity contribution is -0.122. The molecule has 1 N–H and O–H groups in total. The number of rotatable bonds is 4. The number of hydrogen-bond donors (Lipinski definition) is 1. The normalized spacial score (nSPS) is 12.4. The van der Waals surface area contributed by atoms with E-state index in [1.54, 1.807) is 0 Å². The highest BCUT2D eigenvalue weighted by Crippen LogP contribution is 2.20. The molecule has 2 aromatic rings. The lowest BCUT2D eigenvalue weighted by atomic mass is 10.1. The molecule has 0 saturated heterocycles.